The number of aromatic nitrogens is 2. The van der Waals surface area contributed by atoms with Gasteiger partial charge >= 0.3 is 0 Å². The first-order chi connectivity index (χ1) is 7.56. The van der Waals surface area contributed by atoms with E-state index in [9.17, 15) is 4.39 Å². The van der Waals surface area contributed by atoms with Crippen LogP contribution in [-0.2, 0) is 0 Å². The zero-order valence-electron chi connectivity index (χ0n) is 7.72. The van der Waals surface area contributed by atoms with E-state index in [1.54, 1.807) is 6.07 Å². The number of hydrogen-bond donors (Lipinski definition) is 0. The fourth-order valence-electron chi connectivity index (χ4n) is 1.18. The molecule has 1 heterocycles. The van der Waals surface area contributed by atoms with Crippen molar-refractivity contribution in [3.63, 3.8) is 0 Å². The minimum absolute atomic E-state index is 0.242. The van der Waals surface area contributed by atoms with Gasteiger partial charge in [0, 0.05) is 16.1 Å². The quantitative estimate of drug-likeness (QED) is 0.730. The summed E-state index contributed by atoms with van der Waals surface area (Å²) in [6.07, 6.45) is 0. The molecule has 82 valence electrons. The lowest BCUT2D eigenvalue weighted by Crippen LogP contribution is -1.91. The molecule has 0 aliphatic heterocycles. The molecule has 0 saturated heterocycles. The Morgan fingerprint density at radius 2 is 1.69 bits per heavy atom. The van der Waals surface area contributed by atoms with Crippen molar-refractivity contribution in [3.8, 4) is 11.4 Å². The van der Waals surface area contributed by atoms with Gasteiger partial charge in [-0.05, 0) is 34.1 Å². The van der Waals surface area contributed by atoms with Gasteiger partial charge in [0.05, 0.1) is 0 Å². The van der Waals surface area contributed by atoms with E-state index in [4.69, 9.17) is 23.2 Å². The Kier molecular flexibility index (Phi) is 3.42. The van der Waals surface area contributed by atoms with Crippen LogP contribution in [0.25, 0.3) is 11.4 Å². The molecule has 2 nitrogen and oxygen atoms in total. The summed E-state index contributed by atoms with van der Waals surface area (Å²) in [4.78, 5) is 8.02. The largest absolute Gasteiger partial charge is 0.216 e. The molecule has 0 unspecified atom stereocenters. The summed E-state index contributed by atoms with van der Waals surface area (Å²) in [5.74, 6) is 0.00752. The van der Waals surface area contributed by atoms with Crippen LogP contribution in [0.15, 0.2) is 28.7 Å². The Bertz CT molecular complexity index is 528. The highest BCUT2D eigenvalue weighted by molar-refractivity contribution is 9.10. The molecule has 0 spiro atoms. The minimum Gasteiger partial charge on any atom is -0.216 e. The van der Waals surface area contributed by atoms with Crippen LogP contribution in [0.4, 0.5) is 4.39 Å². The van der Waals surface area contributed by atoms with Gasteiger partial charge in [0.2, 0.25) is 0 Å². The molecule has 1 aromatic heterocycles. The van der Waals surface area contributed by atoms with Crippen LogP contribution < -0.4 is 0 Å². The van der Waals surface area contributed by atoms with Crippen molar-refractivity contribution in [2.24, 2.45) is 0 Å². The highest BCUT2D eigenvalue weighted by Crippen LogP contribution is 2.28. The van der Waals surface area contributed by atoms with E-state index in [-0.39, 0.29) is 16.1 Å². The van der Waals surface area contributed by atoms with Gasteiger partial charge in [0.15, 0.2) is 5.82 Å². The van der Waals surface area contributed by atoms with Crippen LogP contribution in [0.1, 0.15) is 0 Å². The lowest BCUT2D eigenvalue weighted by Gasteiger charge is -2.04. The van der Waals surface area contributed by atoms with Gasteiger partial charge in [0.1, 0.15) is 16.1 Å². The van der Waals surface area contributed by atoms with E-state index in [1.807, 2.05) is 0 Å². The summed E-state index contributed by atoms with van der Waals surface area (Å²) in [7, 11) is 0. The smallest absolute Gasteiger partial charge is 0.163 e. The second kappa shape index (κ2) is 4.65. The predicted molar refractivity (Wildman–Crippen MR) is 65.1 cm³/mol. The van der Waals surface area contributed by atoms with Crippen molar-refractivity contribution >= 4 is 39.1 Å². The number of rotatable bonds is 1. The van der Waals surface area contributed by atoms with Crippen molar-refractivity contribution < 1.29 is 4.39 Å². The fourth-order valence-corrected chi connectivity index (χ4v) is 2.13. The summed E-state index contributed by atoms with van der Waals surface area (Å²) < 4.78 is 13.4. The standard InChI is InChI=1S/C10H4BrCl2FN2/c11-7-3-5(14)1-2-6(7)10-15-8(12)4-9(13)16-10/h1-4H. The van der Waals surface area contributed by atoms with Gasteiger partial charge in [-0.1, -0.05) is 23.2 Å². The number of benzene rings is 1. The van der Waals surface area contributed by atoms with Crippen molar-refractivity contribution in [3.05, 3.63) is 44.9 Å². The van der Waals surface area contributed by atoms with E-state index >= 15 is 0 Å². The summed E-state index contributed by atoms with van der Waals surface area (Å²) in [5.41, 5.74) is 0.630. The van der Waals surface area contributed by atoms with Gasteiger partial charge in [-0.2, -0.15) is 0 Å². The summed E-state index contributed by atoms with van der Waals surface area (Å²) in [6.45, 7) is 0. The molecule has 0 saturated carbocycles. The molecule has 0 fully saturated rings. The van der Waals surface area contributed by atoms with Crippen molar-refractivity contribution in [1.82, 2.24) is 9.97 Å². The van der Waals surface area contributed by atoms with Gasteiger partial charge in [-0.15, -0.1) is 0 Å². The van der Waals surface area contributed by atoms with Crippen molar-refractivity contribution in [2.45, 2.75) is 0 Å². The SMILES string of the molecule is Fc1ccc(-c2nc(Cl)cc(Cl)n2)c(Br)c1. The maximum absolute atomic E-state index is 12.9. The van der Waals surface area contributed by atoms with Crippen LogP contribution in [0.3, 0.4) is 0 Å². The van der Waals surface area contributed by atoms with Crippen LogP contribution in [0.5, 0.6) is 0 Å². The zero-order valence-corrected chi connectivity index (χ0v) is 10.8. The third kappa shape index (κ3) is 2.51. The van der Waals surface area contributed by atoms with E-state index in [0.29, 0.717) is 15.9 Å². The molecule has 0 atom stereocenters. The van der Waals surface area contributed by atoms with Crippen LogP contribution in [0.2, 0.25) is 10.3 Å². The Balaban J connectivity index is 2.58. The fraction of sp³-hybridized carbons (Fsp3) is 0. The van der Waals surface area contributed by atoms with Gasteiger partial charge in [-0.25, -0.2) is 14.4 Å². The molecular weight excluding hydrogens is 318 g/mol. The van der Waals surface area contributed by atoms with E-state index in [1.165, 1.54) is 18.2 Å². The van der Waals surface area contributed by atoms with E-state index < -0.39 is 0 Å². The average Bonchev–Trinajstić information content (AvgIpc) is 2.15. The molecule has 6 heteroatoms. The average molecular weight is 322 g/mol. The highest BCUT2D eigenvalue weighted by Gasteiger charge is 2.09. The topological polar surface area (TPSA) is 25.8 Å². The van der Waals surface area contributed by atoms with E-state index in [0.717, 1.165) is 0 Å². The summed E-state index contributed by atoms with van der Waals surface area (Å²) >= 11 is 14.7. The van der Waals surface area contributed by atoms with Crippen molar-refractivity contribution in [1.29, 1.82) is 0 Å². The Morgan fingerprint density at radius 3 is 2.25 bits per heavy atom. The van der Waals surface area contributed by atoms with Crippen LogP contribution >= 0.6 is 39.1 Å². The van der Waals surface area contributed by atoms with Crippen LogP contribution in [-0.4, -0.2) is 9.97 Å². The third-order valence-corrected chi connectivity index (χ3v) is 2.88. The minimum atomic E-state index is -0.344. The van der Waals surface area contributed by atoms with Crippen molar-refractivity contribution in [2.75, 3.05) is 0 Å². The Labute approximate surface area is 110 Å². The first-order valence-corrected chi connectivity index (χ1v) is 5.76. The Morgan fingerprint density at radius 1 is 1.06 bits per heavy atom. The third-order valence-electron chi connectivity index (χ3n) is 1.84. The van der Waals surface area contributed by atoms with Gasteiger partial charge in [-0.3, -0.25) is 0 Å². The molecule has 16 heavy (non-hydrogen) atoms. The molecule has 0 radical (unpaired) electrons. The molecule has 0 amide bonds. The summed E-state index contributed by atoms with van der Waals surface area (Å²) in [5, 5.41) is 0.484. The second-order valence-corrected chi connectivity index (χ2v) is 4.59. The van der Waals surface area contributed by atoms with Gasteiger partial charge < -0.3 is 0 Å². The molecule has 0 N–H and O–H groups in total. The van der Waals surface area contributed by atoms with E-state index in [2.05, 4.69) is 25.9 Å². The lowest BCUT2D eigenvalue weighted by atomic mass is 10.2. The molecule has 0 aliphatic carbocycles. The molecule has 0 aliphatic rings. The second-order valence-electron chi connectivity index (χ2n) is 2.96. The van der Waals surface area contributed by atoms with Gasteiger partial charge in [0.25, 0.3) is 0 Å². The first kappa shape index (κ1) is 11.8. The normalized spacial score (nSPS) is 10.5. The maximum atomic E-state index is 12.9. The highest BCUT2D eigenvalue weighted by atomic mass is 79.9. The molecule has 2 aromatic rings. The first-order valence-electron chi connectivity index (χ1n) is 4.22. The molecule has 2 rings (SSSR count). The monoisotopic (exact) mass is 320 g/mol. The number of nitrogens with zero attached hydrogens (tertiary/aromatic N) is 2. The number of hydrogen-bond acceptors (Lipinski definition) is 2. The summed E-state index contributed by atoms with van der Waals surface area (Å²) in [6, 6.07) is 5.64. The van der Waals surface area contributed by atoms with Crippen LogP contribution in [0, 0.1) is 5.82 Å². The molecular formula is C10H4BrCl2FN2. The predicted octanol–water partition coefficient (Wildman–Crippen LogP) is 4.35. The molecule has 0 bridgehead atoms. The number of halogens is 4. The zero-order chi connectivity index (χ0) is 11.7. The lowest BCUT2D eigenvalue weighted by molar-refractivity contribution is 0.627. The molecule has 1 aromatic carbocycles. The maximum Gasteiger partial charge on any atom is 0.163 e. The Hall–Kier alpha value is -0.710.